The molecule has 7 heteroatoms. The second-order valence-corrected chi connectivity index (χ2v) is 7.96. The zero-order chi connectivity index (χ0) is 20.6. The van der Waals surface area contributed by atoms with Crippen molar-refractivity contribution in [3.63, 3.8) is 0 Å². The van der Waals surface area contributed by atoms with Crippen LogP contribution in [0.15, 0.2) is 53.6 Å². The van der Waals surface area contributed by atoms with E-state index in [0.29, 0.717) is 34.8 Å². The van der Waals surface area contributed by atoms with Crippen LogP contribution in [0.1, 0.15) is 38.5 Å². The second kappa shape index (κ2) is 10.6. The fourth-order valence-electron chi connectivity index (χ4n) is 3.41. The van der Waals surface area contributed by atoms with Gasteiger partial charge < -0.3 is 5.32 Å². The molecular formula is C22H24Cl2FN3O. The van der Waals surface area contributed by atoms with E-state index >= 15 is 0 Å². The Hall–Kier alpha value is -2.11. The van der Waals surface area contributed by atoms with Crippen LogP contribution in [0.3, 0.4) is 0 Å². The Labute approximate surface area is 180 Å². The summed E-state index contributed by atoms with van der Waals surface area (Å²) < 4.78 is 11.9. The quantitative estimate of drug-likeness (QED) is 0.658. The van der Waals surface area contributed by atoms with Crippen molar-refractivity contribution in [1.82, 2.24) is 5.32 Å². The number of hydrogen-bond donors (Lipinski definition) is 1. The summed E-state index contributed by atoms with van der Waals surface area (Å²) in [6, 6.07) is 13.5. The van der Waals surface area contributed by atoms with Gasteiger partial charge in [0.2, 0.25) is 0 Å². The van der Waals surface area contributed by atoms with E-state index in [4.69, 9.17) is 23.2 Å². The van der Waals surface area contributed by atoms with Gasteiger partial charge in [0, 0.05) is 24.0 Å². The summed E-state index contributed by atoms with van der Waals surface area (Å²) in [6.45, 7) is 0.661. The number of carbonyl (C=O) groups is 1. The van der Waals surface area contributed by atoms with Crippen LogP contribution >= 0.6 is 23.2 Å². The number of halogens is 3. The molecule has 1 saturated carbocycles. The van der Waals surface area contributed by atoms with Crippen LogP contribution in [0.5, 0.6) is 0 Å². The van der Waals surface area contributed by atoms with Gasteiger partial charge in [-0.15, -0.1) is 0 Å². The lowest BCUT2D eigenvalue weighted by atomic mass is 9.95. The third-order valence-electron chi connectivity index (χ3n) is 4.93. The van der Waals surface area contributed by atoms with Crippen LogP contribution in [0, 0.1) is 5.82 Å². The SMILES string of the molecule is Fc1ccccc1.O=C(NC1CCCCC1)C1=NN(c2ccc(Cl)cc2Cl)CC1. The number of anilines is 1. The largest absolute Gasteiger partial charge is 0.348 e. The first-order valence-electron chi connectivity index (χ1n) is 9.84. The second-order valence-electron chi connectivity index (χ2n) is 7.12. The molecule has 0 radical (unpaired) electrons. The van der Waals surface area contributed by atoms with E-state index in [1.54, 1.807) is 35.3 Å². The van der Waals surface area contributed by atoms with Crippen LogP contribution in [-0.4, -0.2) is 24.2 Å². The summed E-state index contributed by atoms with van der Waals surface area (Å²) in [5, 5.41) is 10.4. The van der Waals surface area contributed by atoms with Gasteiger partial charge in [0.05, 0.1) is 10.7 Å². The molecule has 2 aromatic rings. The van der Waals surface area contributed by atoms with E-state index in [2.05, 4.69) is 10.4 Å². The van der Waals surface area contributed by atoms with E-state index in [0.717, 1.165) is 18.5 Å². The van der Waals surface area contributed by atoms with Gasteiger partial charge in [-0.1, -0.05) is 60.7 Å². The Morgan fingerprint density at radius 1 is 1.07 bits per heavy atom. The minimum atomic E-state index is -0.178. The predicted molar refractivity (Wildman–Crippen MR) is 117 cm³/mol. The van der Waals surface area contributed by atoms with Gasteiger partial charge in [-0.25, -0.2) is 4.39 Å². The van der Waals surface area contributed by atoms with E-state index in [1.165, 1.54) is 31.4 Å². The maximum absolute atomic E-state index is 12.3. The van der Waals surface area contributed by atoms with E-state index in [-0.39, 0.29) is 11.7 Å². The molecule has 29 heavy (non-hydrogen) atoms. The van der Waals surface area contributed by atoms with Crippen LogP contribution < -0.4 is 10.3 Å². The van der Waals surface area contributed by atoms with Crippen molar-refractivity contribution >= 4 is 40.5 Å². The van der Waals surface area contributed by atoms with Crippen LogP contribution in [0.25, 0.3) is 0 Å². The van der Waals surface area contributed by atoms with Crippen LogP contribution in [0.2, 0.25) is 10.0 Å². The number of rotatable bonds is 3. The number of hydrazone groups is 1. The average molecular weight is 436 g/mol. The summed E-state index contributed by atoms with van der Waals surface area (Å²) in [6.07, 6.45) is 6.46. The summed E-state index contributed by atoms with van der Waals surface area (Å²) in [4.78, 5) is 12.3. The smallest absolute Gasteiger partial charge is 0.267 e. The van der Waals surface area contributed by atoms with Crippen LogP contribution in [-0.2, 0) is 4.79 Å². The first-order chi connectivity index (χ1) is 14.0. The zero-order valence-electron chi connectivity index (χ0n) is 16.1. The van der Waals surface area contributed by atoms with Crippen molar-refractivity contribution in [1.29, 1.82) is 0 Å². The molecule has 0 unspecified atom stereocenters. The van der Waals surface area contributed by atoms with Gasteiger partial charge in [0.15, 0.2) is 0 Å². The molecule has 154 valence electrons. The molecule has 0 saturated heterocycles. The fourth-order valence-corrected chi connectivity index (χ4v) is 3.92. The molecule has 0 atom stereocenters. The van der Waals surface area contributed by atoms with Crippen molar-refractivity contribution in [3.05, 3.63) is 64.4 Å². The summed E-state index contributed by atoms with van der Waals surface area (Å²) >= 11 is 12.1. The van der Waals surface area contributed by atoms with Crippen molar-refractivity contribution in [2.45, 2.75) is 44.6 Å². The fraction of sp³-hybridized carbons (Fsp3) is 0.364. The lowest BCUT2D eigenvalue weighted by molar-refractivity contribution is -0.115. The highest BCUT2D eigenvalue weighted by molar-refractivity contribution is 6.40. The van der Waals surface area contributed by atoms with E-state index in [1.807, 2.05) is 6.07 Å². The topological polar surface area (TPSA) is 44.7 Å². The van der Waals surface area contributed by atoms with Crippen molar-refractivity contribution < 1.29 is 9.18 Å². The Bertz CT molecular complexity index is 854. The van der Waals surface area contributed by atoms with Gasteiger partial charge in [0.25, 0.3) is 5.91 Å². The molecule has 4 rings (SSSR count). The van der Waals surface area contributed by atoms with Crippen molar-refractivity contribution in [2.75, 3.05) is 11.6 Å². The number of hydrogen-bond acceptors (Lipinski definition) is 3. The third kappa shape index (κ3) is 6.44. The number of nitrogens with zero attached hydrogens (tertiary/aromatic N) is 2. The Kier molecular flexibility index (Phi) is 7.90. The van der Waals surface area contributed by atoms with Crippen LogP contribution in [0.4, 0.5) is 10.1 Å². The van der Waals surface area contributed by atoms with Crippen molar-refractivity contribution in [2.24, 2.45) is 5.10 Å². The number of carbonyl (C=O) groups excluding carboxylic acids is 1. The standard InChI is InChI=1S/C16H19Cl2N3O.C6H5F/c17-11-6-7-15(13(18)10-11)21-9-8-14(20-21)16(22)19-12-4-2-1-3-5-12;7-6-4-2-1-3-5-6/h6-7,10,12H,1-5,8-9H2,(H,19,22);1-5H. The molecule has 1 heterocycles. The lowest BCUT2D eigenvalue weighted by Crippen LogP contribution is -2.39. The average Bonchev–Trinajstić information content (AvgIpc) is 3.20. The van der Waals surface area contributed by atoms with E-state index in [9.17, 15) is 9.18 Å². The Morgan fingerprint density at radius 2 is 1.79 bits per heavy atom. The molecule has 1 aliphatic carbocycles. The molecule has 4 nitrogen and oxygen atoms in total. The highest BCUT2D eigenvalue weighted by Crippen LogP contribution is 2.30. The van der Waals surface area contributed by atoms with Gasteiger partial charge >= 0.3 is 0 Å². The van der Waals surface area contributed by atoms with Gasteiger partial charge in [-0.3, -0.25) is 9.80 Å². The first-order valence-corrected chi connectivity index (χ1v) is 10.6. The summed E-state index contributed by atoms with van der Waals surface area (Å²) in [5.41, 5.74) is 1.36. The molecule has 1 aliphatic heterocycles. The molecule has 2 aliphatic rings. The molecule has 0 bridgehead atoms. The highest BCUT2D eigenvalue weighted by Gasteiger charge is 2.25. The molecule has 0 spiro atoms. The monoisotopic (exact) mass is 435 g/mol. The molecule has 0 aromatic heterocycles. The normalized spacial score (nSPS) is 16.7. The summed E-state index contributed by atoms with van der Waals surface area (Å²) in [7, 11) is 0. The molecule has 1 amide bonds. The molecule has 1 N–H and O–H groups in total. The van der Waals surface area contributed by atoms with Gasteiger partial charge in [0.1, 0.15) is 11.5 Å². The minimum absolute atomic E-state index is 0.0421. The van der Waals surface area contributed by atoms with Crippen molar-refractivity contribution in [3.8, 4) is 0 Å². The predicted octanol–water partition coefficient (Wildman–Crippen LogP) is 5.83. The van der Waals surface area contributed by atoms with Gasteiger partial charge in [-0.05, 0) is 43.2 Å². The number of amides is 1. The maximum atomic E-state index is 12.3. The van der Waals surface area contributed by atoms with E-state index < -0.39 is 0 Å². The molecular weight excluding hydrogens is 412 g/mol. The first kappa shape index (κ1) is 21.6. The Balaban J connectivity index is 0.000000290. The zero-order valence-corrected chi connectivity index (χ0v) is 17.6. The van der Waals surface area contributed by atoms with Gasteiger partial charge in [-0.2, -0.15) is 5.10 Å². The summed E-state index contributed by atoms with van der Waals surface area (Å²) in [5.74, 6) is -0.220. The number of benzene rings is 2. The maximum Gasteiger partial charge on any atom is 0.267 e. The third-order valence-corrected chi connectivity index (χ3v) is 5.46. The lowest BCUT2D eigenvalue weighted by Gasteiger charge is -2.22. The Morgan fingerprint density at radius 3 is 2.41 bits per heavy atom. The number of nitrogens with one attached hydrogen (secondary N) is 1. The highest BCUT2D eigenvalue weighted by atomic mass is 35.5. The molecule has 2 aromatic carbocycles. The molecule has 1 fully saturated rings. The minimum Gasteiger partial charge on any atom is -0.348 e.